The molecule has 3 aliphatic rings. The van der Waals surface area contributed by atoms with Crippen molar-refractivity contribution in [3.05, 3.63) is 89.4 Å². The van der Waals surface area contributed by atoms with E-state index in [-0.39, 0.29) is 16.2 Å². The number of benzene rings is 3. The summed E-state index contributed by atoms with van der Waals surface area (Å²) < 4.78 is 27.6. The molecule has 204 valence electrons. The van der Waals surface area contributed by atoms with Crippen molar-refractivity contribution in [1.82, 2.24) is 4.31 Å². The Hall–Kier alpha value is -3.86. The lowest BCUT2D eigenvalue weighted by Crippen LogP contribution is -2.39. The van der Waals surface area contributed by atoms with Crippen LogP contribution in [0.15, 0.2) is 88.9 Å². The molecule has 11 heteroatoms. The van der Waals surface area contributed by atoms with Crippen molar-refractivity contribution in [3.63, 3.8) is 0 Å². The highest BCUT2D eigenvalue weighted by atomic mass is 35.5. The molecule has 6 rings (SSSR count). The van der Waals surface area contributed by atoms with Crippen LogP contribution < -0.4 is 9.91 Å². The zero-order chi connectivity index (χ0) is 28.0. The minimum Gasteiger partial charge on any atom is -0.287 e. The van der Waals surface area contributed by atoms with Gasteiger partial charge in [0, 0.05) is 23.7 Å². The van der Waals surface area contributed by atoms with Gasteiger partial charge in [-0.2, -0.15) is 9.41 Å². The first-order chi connectivity index (χ1) is 19.3. The molecule has 0 aromatic heterocycles. The predicted octanol–water partition coefficient (Wildman–Crippen LogP) is 4.13. The average Bonchev–Trinajstić information content (AvgIpc) is 3.50. The number of amides is 2. The highest BCUT2D eigenvalue weighted by molar-refractivity contribution is 7.89. The Bertz CT molecular complexity index is 1620. The predicted molar refractivity (Wildman–Crippen MR) is 151 cm³/mol. The number of carbonyl (C=O) groups is 3. The Morgan fingerprint density at radius 3 is 2.10 bits per heavy atom. The molecule has 3 aromatic carbocycles. The molecule has 3 heterocycles. The maximum atomic E-state index is 13.8. The Morgan fingerprint density at radius 1 is 0.800 bits per heavy atom. The van der Waals surface area contributed by atoms with Gasteiger partial charge >= 0.3 is 0 Å². The smallest absolute Gasteiger partial charge is 0.259 e. The minimum atomic E-state index is -3.67. The van der Waals surface area contributed by atoms with Gasteiger partial charge in [-0.1, -0.05) is 36.2 Å². The number of Topliss-reactive ketones (excluding diaryl/α,β-unsaturated/α-hetero) is 1. The first-order valence-electron chi connectivity index (χ1n) is 13.0. The molecule has 0 saturated carbocycles. The van der Waals surface area contributed by atoms with E-state index in [0.29, 0.717) is 29.5 Å². The third-order valence-corrected chi connectivity index (χ3v) is 9.62. The summed E-state index contributed by atoms with van der Waals surface area (Å²) in [4.78, 5) is 42.3. The summed E-state index contributed by atoms with van der Waals surface area (Å²) in [6.07, 6.45) is 2.63. The van der Waals surface area contributed by atoms with Crippen LogP contribution in [0.25, 0.3) is 0 Å². The Balaban J connectivity index is 1.35. The van der Waals surface area contributed by atoms with Crippen LogP contribution in [0.4, 0.5) is 11.4 Å². The quantitative estimate of drug-likeness (QED) is 0.322. The van der Waals surface area contributed by atoms with E-state index >= 15 is 0 Å². The van der Waals surface area contributed by atoms with Gasteiger partial charge in [0.05, 0.1) is 16.3 Å². The average molecular weight is 577 g/mol. The number of nitrogens with zero attached hydrogens (tertiary/aromatic N) is 4. The number of halogens is 1. The summed E-state index contributed by atoms with van der Waals surface area (Å²) in [6.45, 7) is 0.941. The fourth-order valence-corrected chi connectivity index (χ4v) is 7.06. The van der Waals surface area contributed by atoms with Crippen LogP contribution in [-0.2, 0) is 19.6 Å². The first kappa shape index (κ1) is 26.4. The molecule has 2 fully saturated rings. The van der Waals surface area contributed by atoms with E-state index in [0.717, 1.165) is 24.2 Å². The lowest BCUT2D eigenvalue weighted by Gasteiger charge is -2.25. The fourth-order valence-electron chi connectivity index (χ4n) is 5.42. The number of sulfonamides is 1. The van der Waals surface area contributed by atoms with Crippen LogP contribution in [0.1, 0.15) is 29.6 Å². The molecule has 2 amide bonds. The molecule has 0 aliphatic carbocycles. The number of para-hydroxylation sites is 1. The van der Waals surface area contributed by atoms with Crippen molar-refractivity contribution in [3.8, 4) is 0 Å². The van der Waals surface area contributed by atoms with E-state index in [1.807, 2.05) is 6.07 Å². The van der Waals surface area contributed by atoms with E-state index in [1.54, 1.807) is 48.5 Å². The minimum absolute atomic E-state index is 0.0738. The van der Waals surface area contributed by atoms with Gasteiger partial charge in [-0.25, -0.2) is 13.3 Å². The third kappa shape index (κ3) is 4.42. The number of fused-ring (bicyclic) bond motifs is 1. The zero-order valence-corrected chi connectivity index (χ0v) is 22.9. The van der Waals surface area contributed by atoms with Crippen LogP contribution in [-0.4, -0.2) is 55.2 Å². The van der Waals surface area contributed by atoms with Gasteiger partial charge in [-0.05, 0) is 73.5 Å². The molecular formula is C29H25ClN4O5S. The second-order valence-corrected chi connectivity index (χ2v) is 12.3. The first-order valence-corrected chi connectivity index (χ1v) is 14.8. The molecule has 40 heavy (non-hydrogen) atoms. The van der Waals surface area contributed by atoms with Gasteiger partial charge in [-0.3, -0.25) is 19.4 Å². The number of imide groups is 1. The number of carbonyl (C=O) groups excluding carboxylic acids is 3. The lowest BCUT2D eigenvalue weighted by atomic mass is 9.92. The molecule has 0 radical (unpaired) electrons. The summed E-state index contributed by atoms with van der Waals surface area (Å²) >= 11 is 6.01. The van der Waals surface area contributed by atoms with E-state index < -0.39 is 39.6 Å². The van der Waals surface area contributed by atoms with Gasteiger partial charge in [-0.15, -0.1) is 0 Å². The third-order valence-electron chi connectivity index (χ3n) is 7.46. The second kappa shape index (κ2) is 10.3. The number of anilines is 2. The Kier molecular flexibility index (Phi) is 6.77. The summed E-state index contributed by atoms with van der Waals surface area (Å²) in [5, 5.41) is 6.37. The molecular weight excluding hydrogens is 552 g/mol. The van der Waals surface area contributed by atoms with Crippen molar-refractivity contribution >= 4 is 56.3 Å². The Morgan fingerprint density at radius 2 is 1.45 bits per heavy atom. The molecule has 2 atom stereocenters. The fraction of sp³-hybridized carbons (Fsp3) is 0.241. The van der Waals surface area contributed by atoms with Crippen LogP contribution in [0.2, 0.25) is 5.02 Å². The van der Waals surface area contributed by atoms with Crippen molar-refractivity contribution in [2.75, 3.05) is 23.0 Å². The molecule has 0 bridgehead atoms. The van der Waals surface area contributed by atoms with E-state index in [9.17, 15) is 22.8 Å². The number of rotatable bonds is 6. The normalized spacial score (nSPS) is 21.5. The number of hydrazone groups is 1. The van der Waals surface area contributed by atoms with Crippen molar-refractivity contribution < 1.29 is 22.8 Å². The van der Waals surface area contributed by atoms with Crippen molar-refractivity contribution in [1.29, 1.82) is 0 Å². The largest absolute Gasteiger partial charge is 0.287 e. The van der Waals surface area contributed by atoms with Crippen LogP contribution in [0.5, 0.6) is 0 Å². The highest BCUT2D eigenvalue weighted by Crippen LogP contribution is 2.38. The summed E-state index contributed by atoms with van der Waals surface area (Å²) in [5.74, 6) is -2.75. The van der Waals surface area contributed by atoms with Gasteiger partial charge in [0.2, 0.25) is 21.7 Å². The van der Waals surface area contributed by atoms with Crippen molar-refractivity contribution in [2.45, 2.75) is 30.2 Å². The van der Waals surface area contributed by atoms with Crippen LogP contribution in [0, 0.1) is 5.92 Å². The molecule has 2 unspecified atom stereocenters. The molecule has 0 N–H and O–H groups in total. The maximum absolute atomic E-state index is 13.8. The Labute approximate surface area is 236 Å². The summed E-state index contributed by atoms with van der Waals surface area (Å²) in [5.41, 5.74) is 1.01. The summed E-state index contributed by atoms with van der Waals surface area (Å²) in [7, 11) is -3.67. The van der Waals surface area contributed by atoms with E-state index in [2.05, 4.69) is 5.10 Å². The van der Waals surface area contributed by atoms with Crippen LogP contribution >= 0.6 is 11.6 Å². The van der Waals surface area contributed by atoms with Gasteiger partial charge in [0.15, 0.2) is 0 Å². The summed E-state index contributed by atoms with van der Waals surface area (Å²) in [6, 6.07) is 19.8. The standard InChI is InChI=1S/C29H25ClN4O5S/c30-20-11-13-21(14-12-20)33-28(36)24-25(31-34(26(24)29(33)37)22-7-3-1-4-8-22)27(35)19-9-15-23(16-10-19)40(38,39)32-17-5-2-6-18-32/h1,3-4,7-16,24,26H,2,5-6,17-18H2. The molecule has 0 spiro atoms. The van der Waals surface area contributed by atoms with Gasteiger partial charge in [0.1, 0.15) is 17.7 Å². The zero-order valence-electron chi connectivity index (χ0n) is 21.3. The highest BCUT2D eigenvalue weighted by Gasteiger charge is 2.58. The molecule has 9 nitrogen and oxygen atoms in total. The second-order valence-electron chi connectivity index (χ2n) is 9.89. The monoisotopic (exact) mass is 576 g/mol. The van der Waals surface area contributed by atoms with Crippen molar-refractivity contribution in [2.24, 2.45) is 11.0 Å². The van der Waals surface area contributed by atoms with E-state index in [4.69, 9.17) is 11.6 Å². The van der Waals surface area contributed by atoms with Crippen LogP contribution in [0.3, 0.4) is 0 Å². The number of ketones is 1. The SMILES string of the molecule is O=C(C1=NN(c2ccccc2)C2C(=O)N(c3ccc(Cl)cc3)C(=O)C12)c1ccc(S(=O)(=O)N2CCCCC2)cc1. The lowest BCUT2D eigenvalue weighted by molar-refractivity contribution is -0.121. The number of hydrogen-bond acceptors (Lipinski definition) is 7. The van der Waals surface area contributed by atoms with Gasteiger partial charge < -0.3 is 0 Å². The van der Waals surface area contributed by atoms with Gasteiger partial charge in [0.25, 0.3) is 5.91 Å². The molecule has 3 aromatic rings. The van der Waals surface area contributed by atoms with E-state index in [1.165, 1.54) is 33.6 Å². The molecule has 2 saturated heterocycles. The molecule has 3 aliphatic heterocycles. The number of piperidine rings is 1. The number of hydrogen-bond donors (Lipinski definition) is 0. The maximum Gasteiger partial charge on any atom is 0.259 e. The topological polar surface area (TPSA) is 107 Å².